The van der Waals surface area contributed by atoms with E-state index in [1.807, 2.05) is 0 Å². The van der Waals surface area contributed by atoms with Gasteiger partial charge in [-0.15, -0.1) is 0 Å². The molecule has 5 heteroatoms. The zero-order valence-corrected chi connectivity index (χ0v) is 11.3. The normalized spacial score (nSPS) is 10.4. The number of nitro groups is 1. The van der Waals surface area contributed by atoms with Crippen LogP contribution in [0.25, 0.3) is 0 Å². The summed E-state index contributed by atoms with van der Waals surface area (Å²) in [5.74, 6) is -0.796. The van der Waals surface area contributed by atoms with Gasteiger partial charge in [0.15, 0.2) is 0 Å². The molecule has 0 radical (unpaired) electrons. The van der Waals surface area contributed by atoms with E-state index >= 15 is 0 Å². The molecule has 0 saturated carbocycles. The largest absolute Gasteiger partial charge is 0.385 e. The van der Waals surface area contributed by atoms with Crippen LogP contribution in [0.3, 0.4) is 0 Å². The highest BCUT2D eigenvalue weighted by Crippen LogP contribution is 2.21. The molecule has 1 N–H and O–H groups in total. The minimum absolute atomic E-state index is 0.479. The lowest BCUT2D eigenvalue weighted by Crippen LogP contribution is -2.02. The van der Waals surface area contributed by atoms with Crippen LogP contribution in [-0.4, -0.2) is 11.5 Å². The number of nitro benzene ring substituents is 1. The monoisotopic (exact) mass is 268 g/mol. The Morgan fingerprint density at radius 1 is 1.21 bits per heavy atom. The fraction of sp³-hybridized carbons (Fsp3) is 0.571. The summed E-state index contributed by atoms with van der Waals surface area (Å²) in [6.45, 7) is 2.94. The maximum absolute atomic E-state index is 13.1. The van der Waals surface area contributed by atoms with Gasteiger partial charge in [0.1, 0.15) is 0 Å². The molecule has 0 spiro atoms. The van der Waals surface area contributed by atoms with E-state index in [4.69, 9.17) is 0 Å². The lowest BCUT2D eigenvalue weighted by molar-refractivity contribution is -0.387. The van der Waals surface area contributed by atoms with Crippen molar-refractivity contribution in [3.05, 3.63) is 34.1 Å². The van der Waals surface area contributed by atoms with Gasteiger partial charge in [0.05, 0.1) is 4.92 Å². The van der Waals surface area contributed by atoms with Crippen molar-refractivity contribution < 1.29 is 9.31 Å². The Hall–Kier alpha value is -1.65. The molecule has 4 nitrogen and oxygen atoms in total. The number of benzene rings is 1. The predicted octanol–water partition coefficient (Wildman–Crippen LogP) is 4.51. The second-order valence-corrected chi connectivity index (χ2v) is 4.62. The molecule has 0 heterocycles. The summed E-state index contributed by atoms with van der Waals surface area (Å²) in [4.78, 5) is 9.89. The first-order valence-corrected chi connectivity index (χ1v) is 6.83. The van der Waals surface area contributed by atoms with Crippen molar-refractivity contribution in [1.29, 1.82) is 0 Å². The first kappa shape index (κ1) is 15.4. The van der Waals surface area contributed by atoms with Crippen LogP contribution in [0.15, 0.2) is 18.2 Å². The Bertz CT molecular complexity index is 410. The molecule has 0 saturated heterocycles. The van der Waals surface area contributed by atoms with E-state index in [2.05, 4.69) is 12.2 Å². The highest BCUT2D eigenvalue weighted by Gasteiger charge is 2.13. The number of nitrogens with zero attached hydrogens (tertiary/aromatic N) is 1. The van der Waals surface area contributed by atoms with E-state index in [-0.39, 0.29) is 0 Å². The Morgan fingerprint density at radius 2 is 1.89 bits per heavy atom. The van der Waals surface area contributed by atoms with E-state index in [1.54, 1.807) is 0 Å². The molecule has 0 unspecified atom stereocenters. The van der Waals surface area contributed by atoms with Crippen LogP contribution in [0.2, 0.25) is 0 Å². The maximum Gasteiger partial charge on any atom is 0.306 e. The van der Waals surface area contributed by atoms with Crippen LogP contribution in [0, 0.1) is 15.9 Å². The van der Waals surface area contributed by atoms with Gasteiger partial charge in [0, 0.05) is 18.3 Å². The second-order valence-electron chi connectivity index (χ2n) is 4.62. The summed E-state index contributed by atoms with van der Waals surface area (Å²) in [6, 6.07) is 3.90. The van der Waals surface area contributed by atoms with Crippen molar-refractivity contribution in [3.63, 3.8) is 0 Å². The van der Waals surface area contributed by atoms with E-state index < -0.39 is 16.4 Å². The molecule has 0 atom stereocenters. The Balaban J connectivity index is 2.30. The van der Waals surface area contributed by atoms with Gasteiger partial charge in [-0.2, -0.15) is 4.39 Å². The third-order valence-electron chi connectivity index (χ3n) is 3.00. The lowest BCUT2D eigenvalue weighted by atomic mass is 10.1. The van der Waals surface area contributed by atoms with Gasteiger partial charge < -0.3 is 5.32 Å². The summed E-state index contributed by atoms with van der Waals surface area (Å²) in [5, 5.41) is 13.7. The minimum Gasteiger partial charge on any atom is -0.385 e. The first-order valence-electron chi connectivity index (χ1n) is 6.83. The fourth-order valence-corrected chi connectivity index (χ4v) is 1.90. The van der Waals surface area contributed by atoms with Crippen molar-refractivity contribution in [3.8, 4) is 0 Å². The standard InChI is InChI=1S/C14H21FN2O2/c1-2-3-4-5-6-7-10-16-12-8-9-13(15)14(11-12)17(18)19/h8-9,11,16H,2-7,10H2,1H3. The van der Waals surface area contributed by atoms with Gasteiger partial charge in [-0.05, 0) is 18.6 Å². The van der Waals surface area contributed by atoms with Crippen molar-refractivity contribution >= 4 is 11.4 Å². The summed E-state index contributed by atoms with van der Waals surface area (Å²) < 4.78 is 13.1. The van der Waals surface area contributed by atoms with Crippen molar-refractivity contribution in [2.75, 3.05) is 11.9 Å². The molecule has 0 amide bonds. The summed E-state index contributed by atoms with van der Waals surface area (Å²) in [6.07, 6.45) is 7.16. The van der Waals surface area contributed by atoms with Crippen LogP contribution in [0.5, 0.6) is 0 Å². The number of rotatable bonds is 9. The molecule has 1 aromatic carbocycles. The molecule has 0 bridgehead atoms. The molecule has 1 rings (SSSR count). The first-order chi connectivity index (χ1) is 9.15. The van der Waals surface area contributed by atoms with E-state index in [9.17, 15) is 14.5 Å². The highest BCUT2D eigenvalue weighted by atomic mass is 19.1. The Kier molecular flexibility index (Phi) is 6.85. The Morgan fingerprint density at radius 3 is 2.58 bits per heavy atom. The van der Waals surface area contributed by atoms with Crippen molar-refractivity contribution in [2.45, 2.75) is 45.4 Å². The van der Waals surface area contributed by atoms with Crippen LogP contribution in [0.4, 0.5) is 15.8 Å². The molecular weight excluding hydrogens is 247 g/mol. The van der Waals surface area contributed by atoms with Crippen LogP contribution in [-0.2, 0) is 0 Å². The predicted molar refractivity (Wildman–Crippen MR) is 74.9 cm³/mol. The molecule has 19 heavy (non-hydrogen) atoms. The second kappa shape index (κ2) is 8.45. The third-order valence-corrected chi connectivity index (χ3v) is 3.00. The summed E-state index contributed by atoms with van der Waals surface area (Å²) in [7, 11) is 0. The SMILES string of the molecule is CCCCCCCCNc1ccc(F)c([N+](=O)[O-])c1. The van der Waals surface area contributed by atoms with E-state index in [0.29, 0.717) is 5.69 Å². The van der Waals surface area contributed by atoms with Gasteiger partial charge in [-0.1, -0.05) is 39.0 Å². The zero-order valence-electron chi connectivity index (χ0n) is 11.3. The Labute approximate surface area is 113 Å². The molecule has 0 aromatic heterocycles. The molecule has 1 aromatic rings. The summed E-state index contributed by atoms with van der Waals surface area (Å²) in [5.41, 5.74) is 0.120. The molecule has 0 aliphatic rings. The smallest absolute Gasteiger partial charge is 0.306 e. The average Bonchev–Trinajstić information content (AvgIpc) is 2.39. The number of nitrogens with one attached hydrogen (secondary N) is 1. The maximum atomic E-state index is 13.1. The molecule has 0 fully saturated rings. The highest BCUT2D eigenvalue weighted by molar-refractivity contribution is 5.51. The lowest BCUT2D eigenvalue weighted by Gasteiger charge is -2.06. The minimum atomic E-state index is -0.796. The summed E-state index contributed by atoms with van der Waals surface area (Å²) >= 11 is 0. The third kappa shape index (κ3) is 5.68. The van der Waals surface area contributed by atoms with Gasteiger partial charge >= 0.3 is 5.69 Å². The fourth-order valence-electron chi connectivity index (χ4n) is 1.90. The molecule has 106 valence electrons. The molecule has 0 aliphatic heterocycles. The van der Waals surface area contributed by atoms with Gasteiger partial charge in [-0.25, -0.2) is 0 Å². The number of unbranched alkanes of at least 4 members (excludes halogenated alkanes) is 5. The number of anilines is 1. The van der Waals surface area contributed by atoms with Crippen LogP contribution in [0.1, 0.15) is 45.4 Å². The number of halogens is 1. The van der Waals surface area contributed by atoms with Gasteiger partial charge in [-0.3, -0.25) is 10.1 Å². The van der Waals surface area contributed by atoms with Crippen LogP contribution < -0.4 is 5.32 Å². The van der Waals surface area contributed by atoms with Gasteiger partial charge in [0.2, 0.25) is 5.82 Å². The van der Waals surface area contributed by atoms with Crippen molar-refractivity contribution in [1.82, 2.24) is 0 Å². The quantitative estimate of drug-likeness (QED) is 0.407. The van der Waals surface area contributed by atoms with Crippen LogP contribution >= 0.6 is 0 Å². The van der Waals surface area contributed by atoms with E-state index in [0.717, 1.165) is 25.5 Å². The van der Waals surface area contributed by atoms with Crippen molar-refractivity contribution in [2.24, 2.45) is 0 Å². The average molecular weight is 268 g/mol. The number of hydrogen-bond acceptors (Lipinski definition) is 3. The molecular formula is C14H21FN2O2. The zero-order chi connectivity index (χ0) is 14.1. The number of hydrogen-bond donors (Lipinski definition) is 1. The van der Waals surface area contributed by atoms with Gasteiger partial charge in [0.25, 0.3) is 0 Å². The topological polar surface area (TPSA) is 55.2 Å². The van der Waals surface area contributed by atoms with E-state index in [1.165, 1.54) is 37.8 Å². The molecule has 0 aliphatic carbocycles.